The van der Waals surface area contributed by atoms with Crippen molar-refractivity contribution in [2.75, 3.05) is 10.6 Å². The molecule has 2 aromatic rings. The van der Waals surface area contributed by atoms with Gasteiger partial charge in [0.05, 0.1) is 0 Å². The van der Waals surface area contributed by atoms with Gasteiger partial charge in [0, 0.05) is 27.6 Å². The maximum absolute atomic E-state index is 11.6. The van der Waals surface area contributed by atoms with Gasteiger partial charge >= 0.3 is 6.03 Å². The van der Waals surface area contributed by atoms with Crippen LogP contribution in [0.5, 0.6) is 0 Å². The first-order chi connectivity index (χ1) is 10.0. The fraction of sp³-hybridized carbons (Fsp3) is 0.188. The highest BCUT2D eigenvalue weighted by Crippen LogP contribution is 2.20. The Hall–Kier alpha value is -2.01. The average Bonchev–Trinajstić information content (AvgIpc) is 2.42. The maximum atomic E-state index is 11.6. The molecule has 0 fully saturated rings. The number of halogens is 1. The predicted octanol–water partition coefficient (Wildman–Crippen LogP) is 4.72. The Balaban J connectivity index is 1.95. The lowest BCUT2D eigenvalue weighted by Gasteiger charge is -2.11. The second kappa shape index (κ2) is 7.13. The van der Waals surface area contributed by atoms with Gasteiger partial charge in [-0.25, -0.2) is 4.79 Å². The van der Waals surface area contributed by atoms with Crippen molar-refractivity contribution in [3.05, 3.63) is 53.0 Å². The molecule has 0 aliphatic heterocycles. The zero-order chi connectivity index (χ0) is 15.2. The average molecular weight is 348 g/mol. The molecular formula is C16H18BrN3O. The highest BCUT2D eigenvalue weighted by Gasteiger charge is 2.03. The first kappa shape index (κ1) is 15.4. The topological polar surface area (TPSA) is 53.2 Å². The Morgan fingerprint density at radius 2 is 1.38 bits per heavy atom. The number of hydrogen-bond acceptors (Lipinski definition) is 2. The lowest BCUT2D eigenvalue weighted by Crippen LogP contribution is -2.34. The molecule has 0 saturated heterocycles. The molecule has 0 heterocycles. The molecule has 0 aliphatic carbocycles. The molecule has 2 amide bonds. The SMILES string of the molecule is CC(C)NC(=O)Nc1ccc(Nc2ccc(Br)cc2)cc1. The summed E-state index contributed by atoms with van der Waals surface area (Å²) in [6, 6.07) is 15.4. The van der Waals surface area contributed by atoms with Gasteiger partial charge in [-0.05, 0) is 62.4 Å². The second-order valence-corrected chi connectivity index (χ2v) is 5.88. The Morgan fingerprint density at radius 3 is 1.90 bits per heavy atom. The van der Waals surface area contributed by atoms with Crippen LogP contribution in [0, 0.1) is 0 Å². The van der Waals surface area contributed by atoms with E-state index in [9.17, 15) is 4.79 Å². The van der Waals surface area contributed by atoms with Crippen LogP contribution >= 0.6 is 15.9 Å². The monoisotopic (exact) mass is 347 g/mol. The van der Waals surface area contributed by atoms with E-state index >= 15 is 0 Å². The van der Waals surface area contributed by atoms with E-state index in [2.05, 4.69) is 31.9 Å². The minimum absolute atomic E-state index is 0.114. The van der Waals surface area contributed by atoms with Gasteiger partial charge in [-0.1, -0.05) is 15.9 Å². The van der Waals surface area contributed by atoms with Crippen LogP contribution in [0.1, 0.15) is 13.8 Å². The van der Waals surface area contributed by atoms with Crippen molar-refractivity contribution in [3.8, 4) is 0 Å². The van der Waals surface area contributed by atoms with Gasteiger partial charge in [-0.15, -0.1) is 0 Å². The van der Waals surface area contributed by atoms with Crippen LogP contribution in [0.4, 0.5) is 21.9 Å². The van der Waals surface area contributed by atoms with E-state index in [4.69, 9.17) is 0 Å². The Kier molecular flexibility index (Phi) is 5.22. The molecule has 0 aliphatic rings. The predicted molar refractivity (Wildman–Crippen MR) is 91.2 cm³/mol. The fourth-order valence-corrected chi connectivity index (χ4v) is 2.03. The number of rotatable bonds is 4. The summed E-state index contributed by atoms with van der Waals surface area (Å²) in [6.07, 6.45) is 0. The number of carbonyl (C=O) groups excluding carboxylic acids is 1. The summed E-state index contributed by atoms with van der Waals surface area (Å²) in [5.74, 6) is 0. The minimum atomic E-state index is -0.196. The maximum Gasteiger partial charge on any atom is 0.319 e. The Bertz CT molecular complexity index is 594. The van der Waals surface area contributed by atoms with E-state index < -0.39 is 0 Å². The summed E-state index contributed by atoms with van der Waals surface area (Å²) in [5.41, 5.74) is 2.73. The summed E-state index contributed by atoms with van der Waals surface area (Å²) < 4.78 is 1.05. The van der Waals surface area contributed by atoms with E-state index in [0.717, 1.165) is 21.5 Å². The lowest BCUT2D eigenvalue weighted by atomic mass is 10.2. The second-order valence-electron chi connectivity index (χ2n) is 4.96. The van der Waals surface area contributed by atoms with Crippen molar-refractivity contribution < 1.29 is 4.79 Å². The quantitative estimate of drug-likeness (QED) is 0.749. The van der Waals surface area contributed by atoms with Gasteiger partial charge in [-0.2, -0.15) is 0 Å². The van der Waals surface area contributed by atoms with Crippen molar-refractivity contribution >= 4 is 39.0 Å². The van der Waals surface area contributed by atoms with Crippen LogP contribution in [0.15, 0.2) is 53.0 Å². The molecule has 0 saturated carbocycles. The lowest BCUT2D eigenvalue weighted by molar-refractivity contribution is 0.250. The zero-order valence-electron chi connectivity index (χ0n) is 12.0. The molecule has 4 nitrogen and oxygen atoms in total. The molecular weight excluding hydrogens is 330 g/mol. The number of hydrogen-bond donors (Lipinski definition) is 3. The summed E-state index contributed by atoms with van der Waals surface area (Å²) in [7, 11) is 0. The van der Waals surface area contributed by atoms with Crippen molar-refractivity contribution in [1.29, 1.82) is 0 Å². The molecule has 110 valence electrons. The Morgan fingerprint density at radius 1 is 0.905 bits per heavy atom. The largest absolute Gasteiger partial charge is 0.356 e. The highest BCUT2D eigenvalue weighted by atomic mass is 79.9. The van der Waals surface area contributed by atoms with Gasteiger partial charge in [0.25, 0.3) is 0 Å². The molecule has 0 unspecified atom stereocenters. The van der Waals surface area contributed by atoms with Gasteiger partial charge in [0.1, 0.15) is 0 Å². The molecule has 0 aromatic heterocycles. The van der Waals surface area contributed by atoms with Gasteiger partial charge in [-0.3, -0.25) is 0 Å². The smallest absolute Gasteiger partial charge is 0.319 e. The van der Waals surface area contributed by atoms with Crippen LogP contribution < -0.4 is 16.0 Å². The highest BCUT2D eigenvalue weighted by molar-refractivity contribution is 9.10. The Labute approximate surface area is 133 Å². The minimum Gasteiger partial charge on any atom is -0.356 e. The first-order valence-corrected chi connectivity index (χ1v) is 7.52. The van der Waals surface area contributed by atoms with Crippen molar-refractivity contribution in [2.24, 2.45) is 0 Å². The van der Waals surface area contributed by atoms with E-state index in [-0.39, 0.29) is 12.1 Å². The fourth-order valence-electron chi connectivity index (χ4n) is 1.77. The van der Waals surface area contributed by atoms with Crippen molar-refractivity contribution in [3.63, 3.8) is 0 Å². The van der Waals surface area contributed by atoms with Crippen LogP contribution in [-0.2, 0) is 0 Å². The number of urea groups is 1. The summed E-state index contributed by atoms with van der Waals surface area (Å²) in [4.78, 5) is 11.6. The van der Waals surface area contributed by atoms with Gasteiger partial charge in [0.15, 0.2) is 0 Å². The number of anilines is 3. The molecule has 21 heavy (non-hydrogen) atoms. The molecule has 0 radical (unpaired) electrons. The molecule has 2 rings (SSSR count). The van der Waals surface area contributed by atoms with E-state index in [1.165, 1.54) is 0 Å². The van der Waals surface area contributed by atoms with E-state index in [0.29, 0.717) is 0 Å². The standard InChI is InChI=1S/C16H18BrN3O/c1-11(2)18-16(21)20-15-9-7-14(8-10-15)19-13-5-3-12(17)4-6-13/h3-11,19H,1-2H3,(H2,18,20,21). The molecule has 2 aromatic carbocycles. The number of amides is 2. The number of nitrogens with one attached hydrogen (secondary N) is 3. The summed E-state index contributed by atoms with van der Waals surface area (Å²) in [6.45, 7) is 3.84. The van der Waals surface area contributed by atoms with Gasteiger partial charge < -0.3 is 16.0 Å². The zero-order valence-corrected chi connectivity index (χ0v) is 13.6. The summed E-state index contributed by atoms with van der Waals surface area (Å²) in [5, 5.41) is 8.86. The van der Waals surface area contributed by atoms with Gasteiger partial charge in [0.2, 0.25) is 0 Å². The summed E-state index contributed by atoms with van der Waals surface area (Å²) >= 11 is 3.41. The molecule has 5 heteroatoms. The van der Waals surface area contributed by atoms with E-state index in [1.54, 1.807) is 0 Å². The molecule has 0 bridgehead atoms. The van der Waals surface area contributed by atoms with Crippen LogP contribution in [0.25, 0.3) is 0 Å². The molecule has 3 N–H and O–H groups in total. The third-order valence-electron chi connectivity index (χ3n) is 2.70. The first-order valence-electron chi connectivity index (χ1n) is 6.73. The van der Waals surface area contributed by atoms with E-state index in [1.807, 2.05) is 62.4 Å². The number of benzene rings is 2. The normalized spacial score (nSPS) is 10.3. The molecule has 0 atom stereocenters. The van der Waals surface area contributed by atoms with Crippen LogP contribution in [-0.4, -0.2) is 12.1 Å². The molecule has 0 spiro atoms. The third-order valence-corrected chi connectivity index (χ3v) is 3.22. The third kappa shape index (κ3) is 5.11. The number of carbonyl (C=O) groups is 1. The van der Waals surface area contributed by atoms with Crippen molar-refractivity contribution in [2.45, 2.75) is 19.9 Å². The van der Waals surface area contributed by atoms with Crippen LogP contribution in [0.2, 0.25) is 0 Å². The van der Waals surface area contributed by atoms with Crippen LogP contribution in [0.3, 0.4) is 0 Å². The van der Waals surface area contributed by atoms with Crippen molar-refractivity contribution in [1.82, 2.24) is 5.32 Å².